The molecule has 0 aromatic heterocycles. The van der Waals surface area contributed by atoms with E-state index < -0.39 is 0 Å². The third kappa shape index (κ3) is 2.34. The summed E-state index contributed by atoms with van der Waals surface area (Å²) in [6.07, 6.45) is 1.28. The van der Waals surface area contributed by atoms with E-state index in [1.54, 1.807) is 4.90 Å². The lowest BCUT2D eigenvalue weighted by molar-refractivity contribution is 0.0475. The van der Waals surface area contributed by atoms with Gasteiger partial charge in [-0.1, -0.05) is 36.4 Å². The number of amides is 1. The molecule has 1 N–H and O–H groups in total. The zero-order valence-corrected chi connectivity index (χ0v) is 10.7. The molecule has 0 saturated carbocycles. The Hall–Kier alpha value is -1.87. The van der Waals surface area contributed by atoms with Crippen molar-refractivity contribution in [1.82, 2.24) is 4.90 Å². The van der Waals surface area contributed by atoms with E-state index in [-0.39, 0.29) is 12.0 Å². The second kappa shape index (κ2) is 5.02. The van der Waals surface area contributed by atoms with Crippen LogP contribution in [0.3, 0.4) is 0 Å². The number of aliphatic hydroxyl groups excluding tert-OH is 1. The van der Waals surface area contributed by atoms with E-state index in [0.717, 1.165) is 35.7 Å². The minimum absolute atomic E-state index is 0.0237. The summed E-state index contributed by atoms with van der Waals surface area (Å²) in [5, 5.41) is 11.8. The fourth-order valence-electron chi connectivity index (χ4n) is 2.72. The quantitative estimate of drug-likeness (QED) is 0.850. The van der Waals surface area contributed by atoms with Gasteiger partial charge < -0.3 is 10.0 Å². The molecule has 3 rings (SSSR count). The Balaban J connectivity index is 1.97. The molecule has 19 heavy (non-hydrogen) atoms. The minimum atomic E-state index is -0.382. The Labute approximate surface area is 112 Å². The van der Waals surface area contributed by atoms with E-state index in [0.29, 0.717) is 6.54 Å². The number of hydrogen-bond acceptors (Lipinski definition) is 2. The van der Waals surface area contributed by atoms with Gasteiger partial charge in [0, 0.05) is 18.7 Å². The van der Waals surface area contributed by atoms with Crippen molar-refractivity contribution in [2.24, 2.45) is 0 Å². The number of likely N-dealkylation sites (tertiary alicyclic amines) is 1. The first-order valence-corrected chi connectivity index (χ1v) is 6.71. The molecule has 0 aliphatic carbocycles. The number of nitrogens with zero attached hydrogens (tertiary/aromatic N) is 1. The fourth-order valence-corrected chi connectivity index (χ4v) is 2.72. The van der Waals surface area contributed by atoms with Crippen molar-refractivity contribution in [3.8, 4) is 0 Å². The van der Waals surface area contributed by atoms with E-state index in [1.165, 1.54) is 0 Å². The van der Waals surface area contributed by atoms with Crippen molar-refractivity contribution in [1.29, 1.82) is 0 Å². The van der Waals surface area contributed by atoms with Crippen LogP contribution in [0.2, 0.25) is 0 Å². The smallest absolute Gasteiger partial charge is 0.254 e. The SMILES string of the molecule is O=C(c1cccc2ccccc12)N1CCC[C@H](O)C1. The van der Waals surface area contributed by atoms with E-state index in [9.17, 15) is 9.90 Å². The normalized spacial score (nSPS) is 19.6. The molecule has 0 bridgehead atoms. The minimum Gasteiger partial charge on any atom is -0.391 e. The molecule has 1 heterocycles. The van der Waals surface area contributed by atoms with Gasteiger partial charge in [0.05, 0.1) is 6.10 Å². The standard InChI is InChI=1S/C16H17NO2/c18-13-7-4-10-17(11-13)16(19)15-9-3-6-12-5-1-2-8-14(12)15/h1-3,5-6,8-9,13,18H,4,7,10-11H2/t13-/m0/s1. The monoisotopic (exact) mass is 255 g/mol. The van der Waals surface area contributed by atoms with Crippen LogP contribution in [0.25, 0.3) is 10.8 Å². The molecule has 1 fully saturated rings. The summed E-state index contributed by atoms with van der Waals surface area (Å²) < 4.78 is 0. The summed E-state index contributed by atoms with van der Waals surface area (Å²) in [6, 6.07) is 13.7. The Bertz CT molecular complexity index is 603. The van der Waals surface area contributed by atoms with Crippen LogP contribution in [0.4, 0.5) is 0 Å². The predicted molar refractivity (Wildman–Crippen MR) is 75.1 cm³/mol. The molecule has 1 atom stereocenters. The molecule has 3 nitrogen and oxygen atoms in total. The zero-order valence-electron chi connectivity index (χ0n) is 10.7. The molecule has 1 saturated heterocycles. The number of β-amino-alcohol motifs (C(OH)–C–C–N with tert-alkyl or cyclic N) is 1. The molecular formula is C16H17NO2. The largest absolute Gasteiger partial charge is 0.391 e. The van der Waals surface area contributed by atoms with E-state index >= 15 is 0 Å². The maximum atomic E-state index is 12.6. The third-order valence-corrected chi connectivity index (χ3v) is 3.70. The topological polar surface area (TPSA) is 40.5 Å². The summed E-state index contributed by atoms with van der Waals surface area (Å²) in [7, 11) is 0. The average Bonchev–Trinajstić information content (AvgIpc) is 2.46. The summed E-state index contributed by atoms with van der Waals surface area (Å²) in [5.41, 5.74) is 0.729. The highest BCUT2D eigenvalue weighted by atomic mass is 16.3. The molecule has 1 aliphatic heterocycles. The van der Waals surface area contributed by atoms with Crippen LogP contribution >= 0.6 is 0 Å². The van der Waals surface area contributed by atoms with Crippen LogP contribution in [-0.2, 0) is 0 Å². The van der Waals surface area contributed by atoms with Gasteiger partial charge in [0.25, 0.3) is 5.91 Å². The van der Waals surface area contributed by atoms with E-state index in [2.05, 4.69) is 0 Å². The Morgan fingerprint density at radius 3 is 2.79 bits per heavy atom. The van der Waals surface area contributed by atoms with Gasteiger partial charge in [0.1, 0.15) is 0 Å². The van der Waals surface area contributed by atoms with Gasteiger partial charge in [-0.15, -0.1) is 0 Å². The van der Waals surface area contributed by atoms with Gasteiger partial charge in [0.2, 0.25) is 0 Å². The highest BCUT2D eigenvalue weighted by molar-refractivity contribution is 6.07. The predicted octanol–water partition coefficient (Wildman–Crippen LogP) is 2.44. The van der Waals surface area contributed by atoms with Crippen molar-refractivity contribution in [2.75, 3.05) is 13.1 Å². The van der Waals surface area contributed by atoms with Gasteiger partial charge in [-0.3, -0.25) is 4.79 Å². The summed E-state index contributed by atoms with van der Waals surface area (Å²) in [5.74, 6) is 0.0237. The third-order valence-electron chi connectivity index (χ3n) is 3.70. The summed E-state index contributed by atoms with van der Waals surface area (Å²) in [6.45, 7) is 1.18. The first kappa shape index (κ1) is 12.2. The number of hydrogen-bond donors (Lipinski definition) is 1. The number of carbonyl (C=O) groups is 1. The number of rotatable bonds is 1. The van der Waals surface area contributed by atoms with E-state index in [1.807, 2.05) is 42.5 Å². The number of piperidine rings is 1. The molecule has 98 valence electrons. The molecular weight excluding hydrogens is 238 g/mol. The fraction of sp³-hybridized carbons (Fsp3) is 0.312. The lowest BCUT2D eigenvalue weighted by atomic mass is 10.0. The Morgan fingerprint density at radius 2 is 1.95 bits per heavy atom. The van der Waals surface area contributed by atoms with Gasteiger partial charge in [-0.2, -0.15) is 0 Å². The van der Waals surface area contributed by atoms with Crippen LogP contribution in [-0.4, -0.2) is 35.1 Å². The second-order valence-corrected chi connectivity index (χ2v) is 5.07. The summed E-state index contributed by atoms with van der Waals surface area (Å²) >= 11 is 0. The Morgan fingerprint density at radius 1 is 1.16 bits per heavy atom. The van der Waals surface area contributed by atoms with Crippen LogP contribution in [0.5, 0.6) is 0 Å². The second-order valence-electron chi connectivity index (χ2n) is 5.07. The summed E-state index contributed by atoms with van der Waals surface area (Å²) in [4.78, 5) is 14.3. The van der Waals surface area contributed by atoms with Crippen molar-refractivity contribution in [3.05, 3.63) is 48.0 Å². The molecule has 3 heteroatoms. The molecule has 2 aromatic rings. The van der Waals surface area contributed by atoms with E-state index in [4.69, 9.17) is 0 Å². The molecule has 0 radical (unpaired) electrons. The van der Waals surface area contributed by atoms with Crippen molar-refractivity contribution in [3.63, 3.8) is 0 Å². The van der Waals surface area contributed by atoms with Crippen LogP contribution in [0.15, 0.2) is 42.5 Å². The van der Waals surface area contributed by atoms with Gasteiger partial charge >= 0.3 is 0 Å². The highest BCUT2D eigenvalue weighted by Gasteiger charge is 2.23. The van der Waals surface area contributed by atoms with Crippen LogP contribution in [0.1, 0.15) is 23.2 Å². The first-order valence-electron chi connectivity index (χ1n) is 6.71. The average molecular weight is 255 g/mol. The number of fused-ring (bicyclic) bond motifs is 1. The van der Waals surface area contributed by atoms with Gasteiger partial charge in [0.15, 0.2) is 0 Å². The number of aliphatic hydroxyl groups is 1. The van der Waals surface area contributed by atoms with Gasteiger partial charge in [-0.05, 0) is 29.7 Å². The van der Waals surface area contributed by atoms with Crippen molar-refractivity contribution < 1.29 is 9.90 Å². The Kier molecular flexibility index (Phi) is 3.22. The number of benzene rings is 2. The maximum absolute atomic E-state index is 12.6. The highest BCUT2D eigenvalue weighted by Crippen LogP contribution is 2.21. The number of carbonyl (C=O) groups excluding carboxylic acids is 1. The maximum Gasteiger partial charge on any atom is 0.254 e. The molecule has 2 aromatic carbocycles. The molecule has 0 spiro atoms. The molecule has 0 unspecified atom stereocenters. The lowest BCUT2D eigenvalue weighted by Crippen LogP contribution is -2.42. The van der Waals surface area contributed by atoms with Gasteiger partial charge in [-0.25, -0.2) is 0 Å². The van der Waals surface area contributed by atoms with Crippen molar-refractivity contribution >= 4 is 16.7 Å². The van der Waals surface area contributed by atoms with Crippen LogP contribution in [0, 0.1) is 0 Å². The zero-order chi connectivity index (χ0) is 13.2. The van der Waals surface area contributed by atoms with Crippen molar-refractivity contribution in [2.45, 2.75) is 18.9 Å². The van der Waals surface area contributed by atoms with Crippen LogP contribution < -0.4 is 0 Å². The molecule has 1 aliphatic rings. The lowest BCUT2D eigenvalue weighted by Gasteiger charge is -2.30. The molecule has 1 amide bonds. The first-order chi connectivity index (χ1) is 9.25.